The van der Waals surface area contributed by atoms with Crippen molar-refractivity contribution in [2.75, 3.05) is 0 Å². The molecule has 0 heterocycles. The van der Waals surface area contributed by atoms with E-state index in [4.69, 9.17) is 27.7 Å². The summed E-state index contributed by atoms with van der Waals surface area (Å²) in [5.41, 5.74) is 8.32. The van der Waals surface area contributed by atoms with Crippen LogP contribution in [0, 0.1) is 11.3 Å². The van der Waals surface area contributed by atoms with Gasteiger partial charge in [0.25, 0.3) is 0 Å². The number of hydrogen-bond acceptors (Lipinski definition) is 4. The minimum Gasteiger partial charge on any atom is -0.478 e. The van der Waals surface area contributed by atoms with Gasteiger partial charge >= 0.3 is 5.97 Å². The van der Waals surface area contributed by atoms with Crippen LogP contribution < -0.4 is 11.1 Å². The molecule has 6 nitrogen and oxygen atoms in total. The van der Waals surface area contributed by atoms with Gasteiger partial charge in [0.05, 0.1) is 28.3 Å². The number of aromatic carboxylic acids is 1. The topological polar surface area (TPSA) is 116 Å². The normalized spacial score (nSPS) is 12.7. The summed E-state index contributed by atoms with van der Waals surface area (Å²) in [6, 6.07) is 15.3. The zero-order chi connectivity index (χ0) is 22.1. The van der Waals surface area contributed by atoms with Gasteiger partial charge in [0.15, 0.2) is 0 Å². The molecule has 4 N–H and O–H groups in total. The number of aryl methyl sites for hydroxylation is 1. The van der Waals surface area contributed by atoms with Crippen molar-refractivity contribution in [3.05, 3.63) is 93.7 Å². The first kappa shape index (κ1) is 22.7. The molecule has 2 rings (SSSR count). The van der Waals surface area contributed by atoms with Crippen molar-refractivity contribution < 1.29 is 14.7 Å². The minimum absolute atomic E-state index is 0.178. The zero-order valence-electron chi connectivity index (χ0n) is 16.4. The van der Waals surface area contributed by atoms with Crippen molar-refractivity contribution in [3.63, 3.8) is 0 Å². The number of rotatable bonds is 8. The molecule has 0 aliphatic carbocycles. The van der Waals surface area contributed by atoms with Crippen LogP contribution in [0.25, 0.3) is 0 Å². The highest BCUT2D eigenvalue weighted by Gasteiger charge is 2.15. The number of carbonyl (C=O) groups excluding carboxylic acids is 1. The van der Waals surface area contributed by atoms with Gasteiger partial charge in [-0.3, -0.25) is 4.79 Å². The van der Waals surface area contributed by atoms with Crippen molar-refractivity contribution in [3.8, 4) is 6.07 Å². The summed E-state index contributed by atoms with van der Waals surface area (Å²) in [6.07, 6.45) is 3.67. The number of halogens is 1. The number of nitriles is 1. The van der Waals surface area contributed by atoms with Gasteiger partial charge in [-0.15, -0.1) is 0 Å². The maximum Gasteiger partial charge on any atom is 0.335 e. The van der Waals surface area contributed by atoms with Crippen LogP contribution >= 0.6 is 11.6 Å². The number of nitrogens with one attached hydrogen (secondary N) is 1. The standard InChI is InChI=1S/C23H22ClN3O3/c1-15(18-7-9-19(10-8-18)23(29)30)27-22(28)20(12-21(24)14-26)6-5-16-3-2-4-17(11-16)13-25/h2-4,7-12,14-15H,5-6,26H2,1H3,(H,27,28)(H,29,30)/b20-12+,21-14+. The van der Waals surface area contributed by atoms with Crippen LogP contribution in [0.3, 0.4) is 0 Å². The molecular formula is C23H22ClN3O3. The highest BCUT2D eigenvalue weighted by molar-refractivity contribution is 6.31. The first-order valence-electron chi connectivity index (χ1n) is 9.25. The summed E-state index contributed by atoms with van der Waals surface area (Å²) in [4.78, 5) is 23.8. The van der Waals surface area contributed by atoms with E-state index in [1.165, 1.54) is 24.4 Å². The molecule has 1 unspecified atom stereocenters. The lowest BCUT2D eigenvalue weighted by atomic mass is 10.0. The summed E-state index contributed by atoms with van der Waals surface area (Å²) >= 11 is 6.02. The lowest BCUT2D eigenvalue weighted by Gasteiger charge is -2.16. The fourth-order valence-corrected chi connectivity index (χ4v) is 2.96. The van der Waals surface area contributed by atoms with Crippen molar-refractivity contribution in [1.82, 2.24) is 5.32 Å². The number of carboxylic acid groups (broad SMARTS) is 1. The smallest absolute Gasteiger partial charge is 0.335 e. The average molecular weight is 424 g/mol. The Balaban J connectivity index is 2.13. The fraction of sp³-hybridized carbons (Fsp3) is 0.174. The van der Waals surface area contributed by atoms with E-state index in [1.807, 2.05) is 13.0 Å². The minimum atomic E-state index is -1.01. The molecule has 0 radical (unpaired) electrons. The number of carbonyl (C=O) groups is 2. The number of nitrogens with zero attached hydrogens (tertiary/aromatic N) is 1. The van der Waals surface area contributed by atoms with Gasteiger partial charge in [-0.1, -0.05) is 35.9 Å². The van der Waals surface area contributed by atoms with E-state index in [-0.39, 0.29) is 22.5 Å². The molecule has 0 aliphatic rings. The molecule has 2 aromatic carbocycles. The fourth-order valence-electron chi connectivity index (χ4n) is 2.83. The first-order chi connectivity index (χ1) is 14.3. The van der Waals surface area contributed by atoms with Crippen LogP contribution in [-0.4, -0.2) is 17.0 Å². The van der Waals surface area contributed by atoms with Gasteiger partial charge < -0.3 is 16.2 Å². The molecule has 0 bridgehead atoms. The van der Waals surface area contributed by atoms with Crippen molar-refractivity contribution in [1.29, 1.82) is 5.26 Å². The third-order valence-electron chi connectivity index (χ3n) is 4.51. The quantitative estimate of drug-likeness (QED) is 0.437. The molecule has 2 aromatic rings. The Labute approximate surface area is 180 Å². The van der Waals surface area contributed by atoms with Crippen LogP contribution in [0.5, 0.6) is 0 Å². The molecule has 0 fully saturated rings. The number of carboxylic acids is 1. The number of amides is 1. The Morgan fingerprint density at radius 2 is 1.97 bits per heavy atom. The van der Waals surface area contributed by atoms with Crippen LogP contribution in [0.15, 0.2) is 71.4 Å². The molecule has 1 amide bonds. The second kappa shape index (κ2) is 10.8. The van der Waals surface area contributed by atoms with Crippen LogP contribution in [-0.2, 0) is 11.2 Å². The van der Waals surface area contributed by atoms with Gasteiger partial charge in [-0.25, -0.2) is 4.79 Å². The summed E-state index contributed by atoms with van der Waals surface area (Å²) in [7, 11) is 0. The van der Waals surface area contributed by atoms with Gasteiger partial charge in [-0.2, -0.15) is 5.26 Å². The summed E-state index contributed by atoms with van der Waals surface area (Å²) in [5, 5.41) is 21.2. The molecule has 0 aliphatic heterocycles. The van der Waals surface area contributed by atoms with Gasteiger partial charge in [0.2, 0.25) is 5.91 Å². The monoisotopic (exact) mass is 423 g/mol. The molecule has 0 saturated carbocycles. The SMILES string of the molecule is CC(NC(=O)/C(=C/C(Cl)=C\N)CCc1cccc(C#N)c1)c1ccc(C(=O)O)cc1. The largest absolute Gasteiger partial charge is 0.478 e. The highest BCUT2D eigenvalue weighted by Crippen LogP contribution is 2.18. The van der Waals surface area contributed by atoms with E-state index >= 15 is 0 Å². The van der Waals surface area contributed by atoms with Gasteiger partial charge in [-0.05, 0) is 61.2 Å². The van der Waals surface area contributed by atoms with Crippen molar-refractivity contribution >= 4 is 23.5 Å². The average Bonchev–Trinajstić information content (AvgIpc) is 2.76. The maximum atomic E-state index is 12.8. The first-order valence-corrected chi connectivity index (χ1v) is 9.63. The summed E-state index contributed by atoms with van der Waals surface area (Å²) in [5.74, 6) is -1.31. The molecule has 0 saturated heterocycles. The van der Waals surface area contributed by atoms with E-state index in [0.717, 1.165) is 11.1 Å². The van der Waals surface area contributed by atoms with Crippen LogP contribution in [0.2, 0.25) is 0 Å². The Bertz CT molecular complexity index is 1020. The van der Waals surface area contributed by atoms with E-state index < -0.39 is 5.97 Å². The molecule has 7 heteroatoms. The van der Waals surface area contributed by atoms with Crippen molar-refractivity contribution in [2.45, 2.75) is 25.8 Å². The third kappa shape index (κ3) is 6.50. The molecule has 154 valence electrons. The number of benzene rings is 2. The summed E-state index contributed by atoms with van der Waals surface area (Å²) in [6.45, 7) is 1.81. The lowest BCUT2D eigenvalue weighted by Crippen LogP contribution is -2.28. The third-order valence-corrected chi connectivity index (χ3v) is 4.74. The molecule has 0 spiro atoms. The van der Waals surface area contributed by atoms with E-state index in [2.05, 4.69) is 11.4 Å². The summed E-state index contributed by atoms with van der Waals surface area (Å²) < 4.78 is 0. The maximum absolute atomic E-state index is 12.8. The Morgan fingerprint density at radius 3 is 2.57 bits per heavy atom. The molecule has 30 heavy (non-hydrogen) atoms. The Morgan fingerprint density at radius 1 is 1.27 bits per heavy atom. The predicted octanol–water partition coefficient (Wildman–Crippen LogP) is 4.03. The predicted molar refractivity (Wildman–Crippen MR) is 116 cm³/mol. The second-order valence-corrected chi connectivity index (χ2v) is 7.09. The van der Waals surface area contributed by atoms with Crippen molar-refractivity contribution in [2.24, 2.45) is 5.73 Å². The highest BCUT2D eigenvalue weighted by atomic mass is 35.5. The number of nitrogens with two attached hydrogens (primary N) is 1. The Kier molecular flexibility index (Phi) is 8.21. The van der Waals surface area contributed by atoms with Crippen LogP contribution in [0.1, 0.15) is 46.4 Å². The number of allylic oxidation sites excluding steroid dienone is 2. The molecule has 1 atom stereocenters. The van der Waals surface area contributed by atoms with E-state index in [1.54, 1.807) is 30.3 Å². The van der Waals surface area contributed by atoms with Gasteiger partial charge in [0, 0.05) is 11.8 Å². The molecular weight excluding hydrogens is 402 g/mol. The van der Waals surface area contributed by atoms with Crippen LogP contribution in [0.4, 0.5) is 0 Å². The lowest BCUT2D eigenvalue weighted by molar-refractivity contribution is -0.118. The second-order valence-electron chi connectivity index (χ2n) is 6.66. The van der Waals surface area contributed by atoms with E-state index in [9.17, 15) is 9.59 Å². The molecule has 0 aromatic heterocycles. The zero-order valence-corrected chi connectivity index (χ0v) is 17.2. The number of hydrogen-bond donors (Lipinski definition) is 3. The van der Waals surface area contributed by atoms with Gasteiger partial charge in [0.1, 0.15) is 0 Å². The van der Waals surface area contributed by atoms with E-state index in [0.29, 0.717) is 24.0 Å². The Hall–Kier alpha value is -3.56.